The molecule has 0 heterocycles. The van der Waals surface area contributed by atoms with Gasteiger partial charge in [-0.05, 0) is 42.3 Å². The SMILES string of the molecule is Cc1cc(C#N)ccc1CS(=O)(=O)c1ccccc1Cl. The molecule has 102 valence electrons. The zero-order chi connectivity index (χ0) is 14.8. The molecule has 0 aliphatic carbocycles. The number of rotatable bonds is 3. The Hall–Kier alpha value is -1.83. The smallest absolute Gasteiger partial charge is 0.183 e. The van der Waals surface area contributed by atoms with E-state index in [-0.39, 0.29) is 15.7 Å². The molecule has 0 bridgehead atoms. The zero-order valence-electron chi connectivity index (χ0n) is 10.8. The molecule has 0 N–H and O–H groups in total. The Kier molecular flexibility index (Phi) is 4.12. The molecule has 0 aliphatic heterocycles. The fourth-order valence-electron chi connectivity index (χ4n) is 1.91. The largest absolute Gasteiger partial charge is 0.223 e. The Bertz CT molecular complexity index is 792. The van der Waals surface area contributed by atoms with Crippen molar-refractivity contribution in [3.8, 4) is 6.07 Å². The average Bonchev–Trinajstić information content (AvgIpc) is 2.41. The topological polar surface area (TPSA) is 57.9 Å². The first-order valence-electron chi connectivity index (χ1n) is 5.91. The molecule has 0 fully saturated rings. The van der Waals surface area contributed by atoms with Gasteiger partial charge in [0.1, 0.15) is 0 Å². The van der Waals surface area contributed by atoms with Crippen LogP contribution in [0.25, 0.3) is 0 Å². The molecule has 5 heteroatoms. The molecule has 2 aromatic rings. The van der Waals surface area contributed by atoms with Crippen LogP contribution in [0.5, 0.6) is 0 Å². The minimum Gasteiger partial charge on any atom is -0.223 e. The highest BCUT2D eigenvalue weighted by Crippen LogP contribution is 2.25. The van der Waals surface area contributed by atoms with Crippen LogP contribution < -0.4 is 0 Å². The summed E-state index contributed by atoms with van der Waals surface area (Å²) in [5, 5.41) is 9.04. The number of sulfone groups is 1. The molecule has 0 saturated carbocycles. The molecular weight excluding hydrogens is 294 g/mol. The highest BCUT2D eigenvalue weighted by Gasteiger charge is 2.19. The summed E-state index contributed by atoms with van der Waals surface area (Å²) < 4.78 is 24.8. The molecule has 0 spiro atoms. The summed E-state index contributed by atoms with van der Waals surface area (Å²) in [6.07, 6.45) is 0. The van der Waals surface area contributed by atoms with E-state index in [0.717, 1.165) is 5.56 Å². The third kappa shape index (κ3) is 3.01. The van der Waals surface area contributed by atoms with Gasteiger partial charge in [0.15, 0.2) is 9.84 Å². The Labute approximate surface area is 123 Å². The Morgan fingerprint density at radius 2 is 1.90 bits per heavy atom. The Morgan fingerprint density at radius 3 is 2.50 bits per heavy atom. The lowest BCUT2D eigenvalue weighted by Crippen LogP contribution is -2.07. The van der Waals surface area contributed by atoms with Crippen LogP contribution in [0.3, 0.4) is 0 Å². The second-order valence-corrected chi connectivity index (χ2v) is 6.81. The average molecular weight is 306 g/mol. The van der Waals surface area contributed by atoms with Gasteiger partial charge in [0.05, 0.1) is 27.3 Å². The number of hydrogen-bond acceptors (Lipinski definition) is 3. The second-order valence-electron chi connectivity index (χ2n) is 4.44. The first kappa shape index (κ1) is 14.6. The monoisotopic (exact) mass is 305 g/mol. The minimum absolute atomic E-state index is 0.130. The van der Waals surface area contributed by atoms with E-state index in [1.807, 2.05) is 6.07 Å². The highest BCUT2D eigenvalue weighted by atomic mass is 35.5. The van der Waals surface area contributed by atoms with Gasteiger partial charge in [-0.25, -0.2) is 8.42 Å². The quantitative estimate of drug-likeness (QED) is 0.872. The van der Waals surface area contributed by atoms with Crippen molar-refractivity contribution in [1.29, 1.82) is 5.26 Å². The Balaban J connectivity index is 2.40. The molecule has 20 heavy (non-hydrogen) atoms. The normalized spacial score (nSPS) is 11.1. The van der Waals surface area contributed by atoms with Crippen molar-refractivity contribution in [2.45, 2.75) is 17.6 Å². The highest BCUT2D eigenvalue weighted by molar-refractivity contribution is 7.90. The third-order valence-corrected chi connectivity index (χ3v) is 5.15. The van der Waals surface area contributed by atoms with Gasteiger partial charge in [-0.2, -0.15) is 5.26 Å². The van der Waals surface area contributed by atoms with Crippen molar-refractivity contribution in [3.05, 3.63) is 64.2 Å². The van der Waals surface area contributed by atoms with Gasteiger partial charge in [-0.3, -0.25) is 0 Å². The summed E-state index contributed by atoms with van der Waals surface area (Å²) >= 11 is 5.94. The zero-order valence-corrected chi connectivity index (χ0v) is 12.4. The molecule has 0 aromatic heterocycles. The summed E-state index contributed by atoms with van der Waals surface area (Å²) in [6.45, 7) is 1.79. The fourth-order valence-corrected chi connectivity index (χ4v) is 3.94. The van der Waals surface area contributed by atoms with Crippen LogP contribution >= 0.6 is 11.6 Å². The maximum atomic E-state index is 12.4. The van der Waals surface area contributed by atoms with E-state index in [1.165, 1.54) is 6.07 Å². The number of nitrogens with zero attached hydrogens (tertiary/aromatic N) is 1. The van der Waals surface area contributed by atoms with Crippen molar-refractivity contribution in [2.24, 2.45) is 0 Å². The van der Waals surface area contributed by atoms with E-state index < -0.39 is 9.84 Å². The second kappa shape index (κ2) is 5.66. The van der Waals surface area contributed by atoms with Crippen LogP contribution in [0.2, 0.25) is 5.02 Å². The standard InChI is InChI=1S/C15H12ClNO2S/c1-11-8-12(9-17)6-7-13(11)10-20(18,19)15-5-3-2-4-14(15)16/h2-8H,10H2,1H3. The predicted octanol–water partition coefficient (Wildman–Crippen LogP) is 3.49. The van der Waals surface area contributed by atoms with Gasteiger partial charge in [0.25, 0.3) is 0 Å². The maximum absolute atomic E-state index is 12.4. The Morgan fingerprint density at radius 1 is 1.20 bits per heavy atom. The molecule has 0 atom stereocenters. The number of benzene rings is 2. The van der Waals surface area contributed by atoms with E-state index in [2.05, 4.69) is 0 Å². The summed E-state index contributed by atoms with van der Waals surface area (Å²) in [5.74, 6) is -0.131. The molecule has 0 aliphatic rings. The summed E-state index contributed by atoms with van der Waals surface area (Å²) in [5.41, 5.74) is 1.96. The van der Waals surface area contributed by atoms with Crippen LogP contribution in [-0.4, -0.2) is 8.42 Å². The molecule has 2 rings (SSSR count). The summed E-state index contributed by atoms with van der Waals surface area (Å²) in [7, 11) is -3.50. The molecule has 0 radical (unpaired) electrons. The number of hydrogen-bond donors (Lipinski definition) is 0. The lowest BCUT2D eigenvalue weighted by molar-refractivity contribution is 0.595. The molecule has 0 amide bonds. The van der Waals surface area contributed by atoms with Crippen LogP contribution in [0.15, 0.2) is 47.4 Å². The fraction of sp³-hybridized carbons (Fsp3) is 0.133. The van der Waals surface area contributed by atoms with Gasteiger partial charge >= 0.3 is 0 Å². The summed E-state index contributed by atoms with van der Waals surface area (Å²) in [4.78, 5) is 0.130. The van der Waals surface area contributed by atoms with Crippen molar-refractivity contribution in [2.75, 3.05) is 0 Å². The number of nitriles is 1. The van der Waals surface area contributed by atoms with Gasteiger partial charge in [-0.1, -0.05) is 29.8 Å². The van der Waals surface area contributed by atoms with E-state index in [0.29, 0.717) is 11.1 Å². The van der Waals surface area contributed by atoms with Crippen molar-refractivity contribution in [3.63, 3.8) is 0 Å². The van der Waals surface area contributed by atoms with Crippen molar-refractivity contribution < 1.29 is 8.42 Å². The van der Waals surface area contributed by atoms with E-state index in [4.69, 9.17) is 16.9 Å². The maximum Gasteiger partial charge on any atom is 0.183 e. The van der Waals surface area contributed by atoms with Crippen LogP contribution in [0.4, 0.5) is 0 Å². The molecule has 0 unspecified atom stereocenters. The first-order chi connectivity index (χ1) is 9.44. The molecule has 3 nitrogen and oxygen atoms in total. The van der Waals surface area contributed by atoms with Gasteiger partial charge in [0, 0.05) is 0 Å². The number of halogens is 1. The minimum atomic E-state index is -3.50. The van der Waals surface area contributed by atoms with Gasteiger partial charge in [-0.15, -0.1) is 0 Å². The lowest BCUT2D eigenvalue weighted by atomic mass is 10.1. The van der Waals surface area contributed by atoms with Crippen molar-refractivity contribution >= 4 is 21.4 Å². The predicted molar refractivity (Wildman–Crippen MR) is 78.2 cm³/mol. The molecular formula is C15H12ClNO2S. The molecule has 0 saturated heterocycles. The lowest BCUT2D eigenvalue weighted by Gasteiger charge is -2.09. The van der Waals surface area contributed by atoms with Crippen LogP contribution in [-0.2, 0) is 15.6 Å². The third-order valence-electron chi connectivity index (χ3n) is 2.99. The summed E-state index contributed by atoms with van der Waals surface area (Å²) in [6, 6.07) is 13.4. The van der Waals surface area contributed by atoms with Crippen molar-refractivity contribution in [1.82, 2.24) is 0 Å². The van der Waals surface area contributed by atoms with Crippen LogP contribution in [0, 0.1) is 18.3 Å². The van der Waals surface area contributed by atoms with E-state index in [9.17, 15) is 8.42 Å². The van der Waals surface area contributed by atoms with Crippen LogP contribution in [0.1, 0.15) is 16.7 Å². The van der Waals surface area contributed by atoms with Gasteiger partial charge < -0.3 is 0 Å². The van der Waals surface area contributed by atoms with E-state index >= 15 is 0 Å². The number of aryl methyl sites for hydroxylation is 1. The first-order valence-corrected chi connectivity index (χ1v) is 7.94. The van der Waals surface area contributed by atoms with Gasteiger partial charge in [0.2, 0.25) is 0 Å². The molecule has 2 aromatic carbocycles. The van der Waals surface area contributed by atoms with E-state index in [1.54, 1.807) is 43.3 Å².